The third-order valence-electron chi connectivity index (χ3n) is 4.17. The van der Waals surface area contributed by atoms with Gasteiger partial charge in [0.1, 0.15) is 12.6 Å². The van der Waals surface area contributed by atoms with Crippen molar-refractivity contribution in [2.45, 2.75) is 25.8 Å². The average molecular weight is 442 g/mol. The van der Waals surface area contributed by atoms with Crippen LogP contribution in [0.5, 0.6) is 0 Å². The SMILES string of the molecule is CCOCCOC(=O)CC1C(=O)NCCN1C(=S)NC(=O)Cc1ccc(Cl)cc1. The number of benzene rings is 1. The number of hydrogen-bond donors (Lipinski definition) is 2. The molecule has 1 aliphatic rings. The van der Waals surface area contributed by atoms with E-state index in [4.69, 9.17) is 33.3 Å². The number of nitrogens with zero attached hydrogens (tertiary/aromatic N) is 1. The van der Waals surface area contributed by atoms with Gasteiger partial charge >= 0.3 is 5.97 Å². The van der Waals surface area contributed by atoms with Crippen LogP contribution in [0.15, 0.2) is 24.3 Å². The Morgan fingerprint density at radius 1 is 1.31 bits per heavy atom. The Bertz CT molecular complexity index is 744. The van der Waals surface area contributed by atoms with Crippen molar-refractivity contribution in [2.75, 3.05) is 32.9 Å². The first-order valence-electron chi connectivity index (χ1n) is 9.26. The van der Waals surface area contributed by atoms with Gasteiger partial charge in [-0.15, -0.1) is 0 Å². The van der Waals surface area contributed by atoms with E-state index in [0.29, 0.717) is 31.3 Å². The van der Waals surface area contributed by atoms with Gasteiger partial charge in [-0.25, -0.2) is 0 Å². The third-order valence-corrected chi connectivity index (χ3v) is 4.76. The first-order chi connectivity index (χ1) is 13.9. The molecule has 0 radical (unpaired) electrons. The maximum absolute atomic E-state index is 12.3. The van der Waals surface area contributed by atoms with Gasteiger partial charge in [0, 0.05) is 24.7 Å². The molecule has 0 saturated carbocycles. The molecule has 1 aliphatic heterocycles. The number of esters is 1. The van der Waals surface area contributed by atoms with Gasteiger partial charge in [0.05, 0.1) is 19.4 Å². The largest absolute Gasteiger partial charge is 0.463 e. The molecule has 2 N–H and O–H groups in total. The predicted octanol–water partition coefficient (Wildman–Crippen LogP) is 1.05. The molecular weight excluding hydrogens is 418 g/mol. The summed E-state index contributed by atoms with van der Waals surface area (Å²) in [7, 11) is 0. The van der Waals surface area contributed by atoms with Crippen molar-refractivity contribution >= 4 is 46.7 Å². The van der Waals surface area contributed by atoms with E-state index in [1.54, 1.807) is 24.3 Å². The van der Waals surface area contributed by atoms with Crippen molar-refractivity contribution < 1.29 is 23.9 Å². The molecule has 1 heterocycles. The minimum Gasteiger partial charge on any atom is -0.463 e. The molecule has 0 aromatic heterocycles. The van der Waals surface area contributed by atoms with Gasteiger partial charge in [-0.05, 0) is 36.8 Å². The lowest BCUT2D eigenvalue weighted by molar-refractivity contribution is -0.148. The van der Waals surface area contributed by atoms with Crippen molar-refractivity contribution in [3.05, 3.63) is 34.9 Å². The van der Waals surface area contributed by atoms with E-state index in [1.165, 1.54) is 4.90 Å². The smallest absolute Gasteiger partial charge is 0.308 e. The number of carbonyl (C=O) groups excluding carboxylic acids is 3. The van der Waals surface area contributed by atoms with E-state index in [1.807, 2.05) is 6.92 Å². The number of piperazine rings is 1. The monoisotopic (exact) mass is 441 g/mol. The third kappa shape index (κ3) is 7.60. The van der Waals surface area contributed by atoms with Gasteiger partial charge in [0.2, 0.25) is 11.8 Å². The molecule has 1 aromatic carbocycles. The van der Waals surface area contributed by atoms with Crippen molar-refractivity contribution in [1.29, 1.82) is 0 Å². The zero-order chi connectivity index (χ0) is 21.2. The van der Waals surface area contributed by atoms with Gasteiger partial charge in [0.15, 0.2) is 5.11 Å². The van der Waals surface area contributed by atoms with Crippen LogP contribution in [0.1, 0.15) is 18.9 Å². The number of nitrogens with one attached hydrogen (secondary N) is 2. The maximum Gasteiger partial charge on any atom is 0.308 e. The van der Waals surface area contributed by atoms with Crippen LogP contribution in [0.25, 0.3) is 0 Å². The fraction of sp³-hybridized carbons (Fsp3) is 0.474. The van der Waals surface area contributed by atoms with Crippen LogP contribution in [0.2, 0.25) is 5.02 Å². The molecule has 1 fully saturated rings. The fourth-order valence-electron chi connectivity index (χ4n) is 2.76. The fourth-order valence-corrected chi connectivity index (χ4v) is 3.22. The molecule has 0 spiro atoms. The molecule has 1 unspecified atom stereocenters. The number of ether oxygens (including phenoxy) is 2. The molecule has 1 atom stereocenters. The Kier molecular flexibility index (Phi) is 9.30. The molecule has 0 aliphatic carbocycles. The lowest BCUT2D eigenvalue weighted by Gasteiger charge is -2.36. The first kappa shape index (κ1) is 23.1. The zero-order valence-electron chi connectivity index (χ0n) is 16.1. The Morgan fingerprint density at radius 2 is 2.03 bits per heavy atom. The first-order valence-corrected chi connectivity index (χ1v) is 10.0. The lowest BCUT2D eigenvalue weighted by Crippen LogP contribution is -2.60. The number of hydrogen-bond acceptors (Lipinski definition) is 6. The quantitative estimate of drug-likeness (QED) is 0.353. The Morgan fingerprint density at radius 3 is 2.72 bits per heavy atom. The number of thiocarbonyl (C=S) groups is 1. The molecule has 158 valence electrons. The van der Waals surface area contributed by atoms with Crippen LogP contribution in [-0.4, -0.2) is 66.7 Å². The van der Waals surface area contributed by atoms with E-state index >= 15 is 0 Å². The van der Waals surface area contributed by atoms with E-state index in [2.05, 4.69) is 10.6 Å². The normalized spacial score (nSPS) is 16.1. The molecule has 29 heavy (non-hydrogen) atoms. The van der Waals surface area contributed by atoms with Gasteiger partial charge in [-0.2, -0.15) is 0 Å². The summed E-state index contributed by atoms with van der Waals surface area (Å²) in [6.45, 7) is 3.52. The summed E-state index contributed by atoms with van der Waals surface area (Å²) < 4.78 is 10.2. The van der Waals surface area contributed by atoms with E-state index in [9.17, 15) is 14.4 Å². The topological polar surface area (TPSA) is 97.0 Å². The molecule has 0 bridgehead atoms. The second kappa shape index (κ2) is 11.7. The summed E-state index contributed by atoms with van der Waals surface area (Å²) in [5.41, 5.74) is 0.778. The highest BCUT2D eigenvalue weighted by atomic mass is 35.5. The van der Waals surface area contributed by atoms with Crippen LogP contribution < -0.4 is 10.6 Å². The van der Waals surface area contributed by atoms with E-state index in [-0.39, 0.29) is 36.4 Å². The zero-order valence-corrected chi connectivity index (χ0v) is 17.7. The Labute approximate surface area is 179 Å². The summed E-state index contributed by atoms with van der Waals surface area (Å²) in [6, 6.07) is 6.06. The highest BCUT2D eigenvalue weighted by Gasteiger charge is 2.34. The van der Waals surface area contributed by atoms with Crippen LogP contribution >= 0.6 is 23.8 Å². The van der Waals surface area contributed by atoms with Crippen molar-refractivity contribution in [3.8, 4) is 0 Å². The molecular formula is C19H24ClN3O5S. The van der Waals surface area contributed by atoms with Crippen LogP contribution in [0.3, 0.4) is 0 Å². The summed E-state index contributed by atoms with van der Waals surface area (Å²) >= 11 is 11.2. The molecule has 1 aromatic rings. The minimum atomic E-state index is -0.841. The van der Waals surface area contributed by atoms with E-state index < -0.39 is 12.0 Å². The molecule has 2 amide bonds. The standard InChI is InChI=1S/C19H24ClN3O5S/c1-2-27-9-10-28-17(25)12-15-18(26)21-7-8-23(15)19(29)22-16(24)11-13-3-5-14(20)6-4-13/h3-6,15H,2,7-12H2,1H3,(H,21,26)(H,22,24,29). The van der Waals surface area contributed by atoms with Crippen molar-refractivity contribution in [3.63, 3.8) is 0 Å². The number of halogens is 1. The molecule has 8 nitrogen and oxygen atoms in total. The van der Waals surface area contributed by atoms with Crippen LogP contribution in [0, 0.1) is 0 Å². The number of carbonyl (C=O) groups is 3. The summed E-state index contributed by atoms with van der Waals surface area (Å²) in [5.74, 6) is -1.19. The van der Waals surface area contributed by atoms with Gasteiger partial charge < -0.3 is 25.0 Å². The maximum atomic E-state index is 12.3. The highest BCUT2D eigenvalue weighted by molar-refractivity contribution is 7.80. The minimum absolute atomic E-state index is 0.103. The van der Waals surface area contributed by atoms with E-state index in [0.717, 1.165) is 5.56 Å². The summed E-state index contributed by atoms with van der Waals surface area (Å²) in [6.07, 6.45) is -0.0629. The van der Waals surface area contributed by atoms with Crippen molar-refractivity contribution in [1.82, 2.24) is 15.5 Å². The lowest BCUT2D eigenvalue weighted by atomic mass is 10.1. The summed E-state index contributed by atoms with van der Waals surface area (Å²) in [5, 5.41) is 6.02. The Hall–Kier alpha value is -2.23. The summed E-state index contributed by atoms with van der Waals surface area (Å²) in [4.78, 5) is 38.2. The van der Waals surface area contributed by atoms with Crippen molar-refractivity contribution in [2.24, 2.45) is 0 Å². The van der Waals surface area contributed by atoms with Crippen LogP contribution in [-0.2, 0) is 30.3 Å². The van der Waals surface area contributed by atoms with Gasteiger partial charge in [-0.1, -0.05) is 23.7 Å². The van der Waals surface area contributed by atoms with Crippen LogP contribution in [0.4, 0.5) is 0 Å². The number of rotatable bonds is 8. The Balaban J connectivity index is 1.91. The molecule has 10 heteroatoms. The second-order valence-electron chi connectivity index (χ2n) is 6.28. The highest BCUT2D eigenvalue weighted by Crippen LogP contribution is 2.12. The number of amides is 2. The van der Waals surface area contributed by atoms with Gasteiger partial charge in [-0.3, -0.25) is 14.4 Å². The average Bonchev–Trinajstić information content (AvgIpc) is 2.68. The molecule has 1 saturated heterocycles. The second-order valence-corrected chi connectivity index (χ2v) is 7.10. The van der Waals surface area contributed by atoms with Gasteiger partial charge in [0.25, 0.3) is 0 Å². The molecule has 2 rings (SSSR count). The predicted molar refractivity (Wildman–Crippen MR) is 111 cm³/mol.